The van der Waals surface area contributed by atoms with E-state index in [4.69, 9.17) is 0 Å². The molecule has 0 saturated carbocycles. The Morgan fingerprint density at radius 3 is 2.62 bits per heavy atom. The van der Waals surface area contributed by atoms with Gasteiger partial charge in [0.2, 0.25) is 5.91 Å². The monoisotopic (exact) mass is 444 g/mol. The van der Waals surface area contributed by atoms with Gasteiger partial charge in [0.1, 0.15) is 0 Å². The molecule has 162 valence electrons. The molecule has 5 rings (SSSR count). The van der Waals surface area contributed by atoms with Crippen molar-refractivity contribution in [3.8, 4) is 0 Å². The Morgan fingerprint density at radius 1 is 1.00 bits per heavy atom. The first-order valence-electron chi connectivity index (χ1n) is 10.7. The molecule has 3 aromatic carbocycles. The minimum atomic E-state index is -0.103. The van der Waals surface area contributed by atoms with Gasteiger partial charge < -0.3 is 15.1 Å². The van der Waals surface area contributed by atoms with Crippen molar-refractivity contribution in [2.45, 2.75) is 6.42 Å². The van der Waals surface area contributed by atoms with E-state index in [9.17, 15) is 9.59 Å². The van der Waals surface area contributed by atoms with Crippen LogP contribution in [0.15, 0.2) is 60.7 Å². The molecular weight excluding hydrogens is 420 g/mol. The third-order valence-corrected chi connectivity index (χ3v) is 6.84. The van der Waals surface area contributed by atoms with Gasteiger partial charge in [-0.2, -0.15) is 0 Å². The van der Waals surface area contributed by atoms with Crippen molar-refractivity contribution in [2.75, 3.05) is 38.5 Å². The molecule has 0 spiro atoms. The summed E-state index contributed by atoms with van der Waals surface area (Å²) in [5, 5.41) is 5.68. The number of nitrogens with one attached hydrogen (secondary N) is 1. The number of carbonyl (C=O) groups excluding carboxylic acids is 2. The number of hydrogen-bond acceptors (Lipinski definition) is 5. The number of nitrogens with zero attached hydrogens (tertiary/aromatic N) is 3. The number of fused-ring (bicyclic) bond motifs is 2. The summed E-state index contributed by atoms with van der Waals surface area (Å²) in [4.78, 5) is 34.2. The molecular formula is C25H24N4O2S. The molecule has 2 amide bonds. The SMILES string of the molecule is CN1CCN(C(=O)c2ccc3nc(NC(=O)Cc4cccc5ccccc45)sc3c2)CC1. The third-order valence-electron chi connectivity index (χ3n) is 5.90. The topological polar surface area (TPSA) is 65.5 Å². The standard InChI is InChI=1S/C25H24N4O2S/c1-28-11-13-29(14-12-28)24(31)19-9-10-21-22(15-19)32-25(26-21)27-23(30)16-18-7-4-6-17-5-2-3-8-20(17)18/h2-10,15H,11-14,16H2,1H3,(H,26,27,30). The van der Waals surface area contributed by atoms with Crippen LogP contribution in [0.5, 0.6) is 0 Å². The van der Waals surface area contributed by atoms with Gasteiger partial charge in [-0.25, -0.2) is 4.98 Å². The number of rotatable bonds is 4. The van der Waals surface area contributed by atoms with E-state index in [-0.39, 0.29) is 18.2 Å². The van der Waals surface area contributed by atoms with Gasteiger partial charge in [-0.15, -0.1) is 0 Å². The summed E-state index contributed by atoms with van der Waals surface area (Å²) in [5.41, 5.74) is 2.44. The minimum absolute atomic E-state index is 0.0509. The van der Waals surface area contributed by atoms with Crippen LogP contribution in [-0.4, -0.2) is 59.8 Å². The molecule has 2 heterocycles. The van der Waals surface area contributed by atoms with E-state index >= 15 is 0 Å². The number of likely N-dealkylation sites (N-methyl/N-ethyl adjacent to an activating group) is 1. The first kappa shape index (κ1) is 20.6. The Labute approximate surface area is 190 Å². The molecule has 32 heavy (non-hydrogen) atoms. The second kappa shape index (κ2) is 8.68. The summed E-state index contributed by atoms with van der Waals surface area (Å²) in [6.07, 6.45) is 0.282. The molecule has 1 aliphatic heterocycles. The van der Waals surface area contributed by atoms with Crippen LogP contribution in [0.3, 0.4) is 0 Å². The Morgan fingerprint density at radius 2 is 1.78 bits per heavy atom. The predicted molar refractivity (Wildman–Crippen MR) is 129 cm³/mol. The van der Waals surface area contributed by atoms with Gasteiger partial charge in [-0.1, -0.05) is 53.8 Å². The Balaban J connectivity index is 1.30. The second-order valence-electron chi connectivity index (χ2n) is 8.16. The molecule has 0 atom stereocenters. The van der Waals surface area contributed by atoms with Crippen molar-refractivity contribution in [3.05, 3.63) is 71.8 Å². The lowest BCUT2D eigenvalue weighted by Gasteiger charge is -2.32. The molecule has 0 bridgehead atoms. The van der Waals surface area contributed by atoms with Gasteiger partial charge in [-0.3, -0.25) is 9.59 Å². The first-order chi connectivity index (χ1) is 15.6. The number of hydrogen-bond donors (Lipinski definition) is 1. The Hall–Kier alpha value is -3.29. The fraction of sp³-hybridized carbons (Fsp3) is 0.240. The normalized spacial score (nSPS) is 14.7. The van der Waals surface area contributed by atoms with Crippen molar-refractivity contribution in [1.82, 2.24) is 14.8 Å². The molecule has 1 aliphatic rings. The van der Waals surface area contributed by atoms with E-state index in [1.807, 2.05) is 65.6 Å². The number of anilines is 1. The van der Waals surface area contributed by atoms with Crippen LogP contribution in [0.2, 0.25) is 0 Å². The highest BCUT2D eigenvalue weighted by atomic mass is 32.1. The minimum Gasteiger partial charge on any atom is -0.336 e. The van der Waals surface area contributed by atoms with Crippen LogP contribution in [0.25, 0.3) is 21.0 Å². The number of thiazole rings is 1. The van der Waals surface area contributed by atoms with E-state index < -0.39 is 0 Å². The van der Waals surface area contributed by atoms with Gasteiger partial charge in [0, 0.05) is 31.7 Å². The predicted octanol–water partition coefficient (Wildman–Crippen LogP) is 4.02. The van der Waals surface area contributed by atoms with E-state index in [0.717, 1.165) is 52.7 Å². The van der Waals surface area contributed by atoms with Gasteiger partial charge in [0.15, 0.2) is 5.13 Å². The highest BCUT2D eigenvalue weighted by Crippen LogP contribution is 2.28. The molecule has 7 heteroatoms. The average Bonchev–Trinajstić information content (AvgIpc) is 3.20. The number of amides is 2. The summed E-state index contributed by atoms with van der Waals surface area (Å²) < 4.78 is 0.894. The summed E-state index contributed by atoms with van der Waals surface area (Å²) in [6, 6.07) is 19.6. The fourth-order valence-electron chi connectivity index (χ4n) is 4.09. The largest absolute Gasteiger partial charge is 0.336 e. The van der Waals surface area contributed by atoms with E-state index in [2.05, 4.69) is 22.2 Å². The zero-order valence-electron chi connectivity index (χ0n) is 17.9. The van der Waals surface area contributed by atoms with Crippen LogP contribution in [-0.2, 0) is 11.2 Å². The van der Waals surface area contributed by atoms with Crippen LogP contribution in [0.4, 0.5) is 5.13 Å². The molecule has 1 N–H and O–H groups in total. The van der Waals surface area contributed by atoms with Crippen LogP contribution in [0.1, 0.15) is 15.9 Å². The van der Waals surface area contributed by atoms with Crippen molar-refractivity contribution in [2.24, 2.45) is 0 Å². The van der Waals surface area contributed by atoms with Crippen LogP contribution >= 0.6 is 11.3 Å². The Kier molecular flexibility index (Phi) is 5.59. The first-order valence-corrected chi connectivity index (χ1v) is 11.5. The molecule has 6 nitrogen and oxygen atoms in total. The lowest BCUT2D eigenvalue weighted by Crippen LogP contribution is -2.47. The van der Waals surface area contributed by atoms with Gasteiger partial charge in [0.05, 0.1) is 16.6 Å². The summed E-state index contributed by atoms with van der Waals surface area (Å²) >= 11 is 1.40. The number of carbonyl (C=O) groups is 2. The lowest BCUT2D eigenvalue weighted by atomic mass is 10.0. The number of piperazine rings is 1. The number of aromatic nitrogens is 1. The zero-order chi connectivity index (χ0) is 22.1. The maximum Gasteiger partial charge on any atom is 0.253 e. The van der Waals surface area contributed by atoms with E-state index in [1.54, 1.807) is 0 Å². The van der Waals surface area contributed by atoms with Gasteiger partial charge in [-0.05, 0) is 41.6 Å². The average molecular weight is 445 g/mol. The molecule has 0 radical (unpaired) electrons. The van der Waals surface area contributed by atoms with Gasteiger partial charge in [0.25, 0.3) is 5.91 Å². The van der Waals surface area contributed by atoms with Crippen molar-refractivity contribution in [3.63, 3.8) is 0 Å². The van der Waals surface area contributed by atoms with Crippen molar-refractivity contribution >= 4 is 49.3 Å². The second-order valence-corrected chi connectivity index (χ2v) is 9.19. The van der Waals surface area contributed by atoms with E-state index in [1.165, 1.54) is 11.3 Å². The summed E-state index contributed by atoms with van der Waals surface area (Å²) in [7, 11) is 2.07. The highest BCUT2D eigenvalue weighted by Gasteiger charge is 2.21. The highest BCUT2D eigenvalue weighted by molar-refractivity contribution is 7.22. The van der Waals surface area contributed by atoms with E-state index in [0.29, 0.717) is 10.7 Å². The van der Waals surface area contributed by atoms with Gasteiger partial charge >= 0.3 is 0 Å². The lowest BCUT2D eigenvalue weighted by molar-refractivity contribution is -0.115. The molecule has 4 aromatic rings. The molecule has 1 aromatic heterocycles. The summed E-state index contributed by atoms with van der Waals surface area (Å²) in [5.74, 6) is -0.0518. The molecule has 1 fully saturated rings. The maximum absolute atomic E-state index is 12.9. The van der Waals surface area contributed by atoms with Crippen molar-refractivity contribution in [1.29, 1.82) is 0 Å². The molecule has 0 aliphatic carbocycles. The molecule has 0 unspecified atom stereocenters. The zero-order valence-corrected chi connectivity index (χ0v) is 18.7. The quantitative estimate of drug-likeness (QED) is 0.516. The molecule has 1 saturated heterocycles. The summed E-state index contributed by atoms with van der Waals surface area (Å²) in [6.45, 7) is 3.26. The number of benzene rings is 3. The van der Waals surface area contributed by atoms with Crippen LogP contribution < -0.4 is 5.32 Å². The third kappa shape index (κ3) is 4.22. The van der Waals surface area contributed by atoms with Crippen molar-refractivity contribution < 1.29 is 9.59 Å². The maximum atomic E-state index is 12.9. The fourth-order valence-corrected chi connectivity index (χ4v) is 5.01. The smallest absolute Gasteiger partial charge is 0.253 e. The van der Waals surface area contributed by atoms with Crippen LogP contribution in [0, 0.1) is 0 Å². The Bertz CT molecular complexity index is 1300.